The number of aryl methyl sites for hydroxylation is 1. The van der Waals surface area contributed by atoms with Gasteiger partial charge in [-0.3, -0.25) is 0 Å². The molecule has 0 saturated carbocycles. The summed E-state index contributed by atoms with van der Waals surface area (Å²) in [4.78, 5) is 19.8. The zero-order valence-electron chi connectivity index (χ0n) is 9.87. The van der Waals surface area contributed by atoms with Crippen molar-refractivity contribution in [2.45, 2.75) is 32.5 Å². The van der Waals surface area contributed by atoms with Gasteiger partial charge in [-0.25, -0.2) is 14.8 Å². The van der Waals surface area contributed by atoms with Crippen LogP contribution in [0.25, 0.3) is 0 Å². The normalized spacial score (nSPS) is 22.5. The molecule has 2 unspecified atom stereocenters. The summed E-state index contributed by atoms with van der Waals surface area (Å²) in [7, 11) is 0. The van der Waals surface area contributed by atoms with Crippen LogP contribution in [0.5, 0.6) is 0 Å². The summed E-state index contributed by atoms with van der Waals surface area (Å²) in [6.45, 7) is 4.87. The van der Waals surface area contributed by atoms with E-state index in [4.69, 9.17) is 9.47 Å². The highest BCUT2D eigenvalue weighted by Gasteiger charge is 2.36. The predicted octanol–water partition coefficient (Wildman–Crippen LogP) is 0.934. The number of hydrogen-bond acceptors (Lipinski definition) is 5. The number of hydrogen-bond donors (Lipinski definition) is 0. The third-order valence-corrected chi connectivity index (χ3v) is 2.62. The molecule has 1 aliphatic heterocycles. The smallest absolute Gasteiger partial charge is 0.335 e. The highest BCUT2D eigenvalue weighted by atomic mass is 16.5. The van der Waals surface area contributed by atoms with Crippen molar-refractivity contribution < 1.29 is 14.3 Å². The van der Waals surface area contributed by atoms with Crippen LogP contribution in [-0.4, -0.2) is 34.6 Å². The molecule has 92 valence electrons. The van der Waals surface area contributed by atoms with Gasteiger partial charge in [-0.15, -0.1) is 0 Å². The zero-order chi connectivity index (χ0) is 12.3. The number of aliphatic imine (C=N–C) groups is 1. The van der Waals surface area contributed by atoms with E-state index in [1.807, 2.05) is 11.5 Å². The Morgan fingerprint density at radius 1 is 1.59 bits per heavy atom. The molecule has 1 aliphatic rings. The Morgan fingerprint density at radius 3 is 3.12 bits per heavy atom. The number of carbonyl (C=O) groups excluding carboxylic acids is 1. The third-order valence-electron chi connectivity index (χ3n) is 2.62. The number of ether oxygens (including phenoxy) is 2. The molecule has 0 aliphatic carbocycles. The molecule has 0 spiro atoms. The van der Waals surface area contributed by atoms with Crippen molar-refractivity contribution in [1.29, 1.82) is 0 Å². The van der Waals surface area contributed by atoms with E-state index in [1.165, 1.54) is 6.40 Å². The molecular formula is C11H15N3O3. The van der Waals surface area contributed by atoms with Crippen molar-refractivity contribution in [3.05, 3.63) is 18.2 Å². The second-order valence-corrected chi connectivity index (χ2v) is 3.61. The van der Waals surface area contributed by atoms with Crippen LogP contribution in [0.15, 0.2) is 17.5 Å². The van der Waals surface area contributed by atoms with E-state index in [0.29, 0.717) is 6.61 Å². The lowest BCUT2D eigenvalue weighted by atomic mass is 10.1. The summed E-state index contributed by atoms with van der Waals surface area (Å²) in [6.07, 6.45) is 4.27. The topological polar surface area (TPSA) is 65.7 Å². The summed E-state index contributed by atoms with van der Waals surface area (Å²) < 4.78 is 12.3. The molecule has 0 aromatic carbocycles. The van der Waals surface area contributed by atoms with E-state index < -0.39 is 12.1 Å². The molecular weight excluding hydrogens is 222 g/mol. The maximum Gasteiger partial charge on any atom is 0.335 e. The van der Waals surface area contributed by atoms with E-state index in [0.717, 1.165) is 12.2 Å². The Morgan fingerprint density at radius 2 is 2.41 bits per heavy atom. The lowest BCUT2D eigenvalue weighted by Crippen LogP contribution is -2.27. The van der Waals surface area contributed by atoms with E-state index in [9.17, 15) is 4.79 Å². The number of rotatable bonds is 4. The fourth-order valence-corrected chi connectivity index (χ4v) is 1.79. The molecule has 1 aromatic rings. The van der Waals surface area contributed by atoms with Gasteiger partial charge in [0.05, 0.1) is 24.8 Å². The number of carbonyl (C=O) groups is 1. The molecule has 2 rings (SSSR count). The monoisotopic (exact) mass is 237 g/mol. The fourth-order valence-electron chi connectivity index (χ4n) is 1.79. The lowest BCUT2D eigenvalue weighted by molar-refractivity contribution is -0.146. The largest absolute Gasteiger partial charge is 0.471 e. The second-order valence-electron chi connectivity index (χ2n) is 3.61. The molecule has 2 heterocycles. The van der Waals surface area contributed by atoms with Crippen molar-refractivity contribution in [2.75, 3.05) is 6.61 Å². The van der Waals surface area contributed by atoms with Gasteiger partial charge in [0.15, 0.2) is 18.5 Å². The molecule has 6 heteroatoms. The van der Waals surface area contributed by atoms with E-state index in [2.05, 4.69) is 9.98 Å². The van der Waals surface area contributed by atoms with Crippen molar-refractivity contribution in [2.24, 2.45) is 4.99 Å². The summed E-state index contributed by atoms with van der Waals surface area (Å²) >= 11 is 0. The van der Waals surface area contributed by atoms with Crippen molar-refractivity contribution in [3.8, 4) is 0 Å². The highest BCUT2D eigenvalue weighted by Crippen LogP contribution is 2.27. The highest BCUT2D eigenvalue weighted by molar-refractivity contribution is 5.80. The first-order valence-corrected chi connectivity index (χ1v) is 5.61. The van der Waals surface area contributed by atoms with Crippen molar-refractivity contribution in [3.63, 3.8) is 0 Å². The Kier molecular flexibility index (Phi) is 3.41. The third kappa shape index (κ3) is 2.15. The molecule has 0 radical (unpaired) electrons. The minimum absolute atomic E-state index is 0.338. The average Bonchev–Trinajstić information content (AvgIpc) is 2.97. The van der Waals surface area contributed by atoms with Crippen LogP contribution in [0.1, 0.15) is 25.6 Å². The van der Waals surface area contributed by atoms with Gasteiger partial charge in [0.2, 0.25) is 0 Å². The second kappa shape index (κ2) is 4.99. The summed E-state index contributed by atoms with van der Waals surface area (Å²) in [6, 6.07) is -0.628. The first-order valence-electron chi connectivity index (χ1n) is 5.61. The maximum absolute atomic E-state index is 11.7. The SMILES string of the molecule is CCOC(=O)C1N=COC1c1cncn1CC. The number of imidazole rings is 1. The summed E-state index contributed by atoms with van der Waals surface area (Å²) in [5.74, 6) is -0.366. The molecule has 6 nitrogen and oxygen atoms in total. The van der Waals surface area contributed by atoms with E-state index in [-0.39, 0.29) is 5.97 Å². The van der Waals surface area contributed by atoms with Gasteiger partial charge in [-0.2, -0.15) is 0 Å². The molecule has 2 atom stereocenters. The molecule has 0 bridgehead atoms. The lowest BCUT2D eigenvalue weighted by Gasteiger charge is -2.17. The van der Waals surface area contributed by atoms with Gasteiger partial charge in [-0.1, -0.05) is 0 Å². The molecule has 0 saturated heterocycles. The van der Waals surface area contributed by atoms with Gasteiger partial charge in [0.1, 0.15) is 0 Å². The van der Waals surface area contributed by atoms with Crippen LogP contribution in [0.3, 0.4) is 0 Å². The fraction of sp³-hybridized carbons (Fsp3) is 0.545. The number of esters is 1. The molecule has 17 heavy (non-hydrogen) atoms. The Bertz CT molecular complexity index is 427. The van der Waals surface area contributed by atoms with Gasteiger partial charge < -0.3 is 14.0 Å². The molecule has 1 aromatic heterocycles. The Labute approximate surface area is 99.3 Å². The van der Waals surface area contributed by atoms with Crippen LogP contribution in [-0.2, 0) is 20.8 Å². The van der Waals surface area contributed by atoms with E-state index >= 15 is 0 Å². The van der Waals surface area contributed by atoms with Crippen LogP contribution in [0.2, 0.25) is 0 Å². The van der Waals surface area contributed by atoms with Crippen LogP contribution >= 0.6 is 0 Å². The van der Waals surface area contributed by atoms with Crippen LogP contribution in [0, 0.1) is 0 Å². The van der Waals surface area contributed by atoms with Gasteiger partial charge in [0, 0.05) is 6.54 Å². The quantitative estimate of drug-likeness (QED) is 0.731. The minimum atomic E-state index is -0.628. The van der Waals surface area contributed by atoms with Gasteiger partial charge in [0.25, 0.3) is 0 Å². The molecule has 0 N–H and O–H groups in total. The van der Waals surface area contributed by atoms with Crippen LogP contribution < -0.4 is 0 Å². The first-order chi connectivity index (χ1) is 8.27. The number of aromatic nitrogens is 2. The van der Waals surface area contributed by atoms with Crippen molar-refractivity contribution >= 4 is 12.4 Å². The Balaban J connectivity index is 2.19. The summed E-state index contributed by atoms with van der Waals surface area (Å²) in [5, 5.41) is 0. The molecule has 0 amide bonds. The molecule has 0 fully saturated rings. The average molecular weight is 237 g/mol. The predicted molar refractivity (Wildman–Crippen MR) is 60.6 cm³/mol. The van der Waals surface area contributed by atoms with E-state index in [1.54, 1.807) is 19.4 Å². The maximum atomic E-state index is 11.7. The summed E-state index contributed by atoms with van der Waals surface area (Å²) in [5.41, 5.74) is 0.836. The Hall–Kier alpha value is -1.85. The van der Waals surface area contributed by atoms with Crippen molar-refractivity contribution in [1.82, 2.24) is 9.55 Å². The van der Waals surface area contributed by atoms with Gasteiger partial charge in [-0.05, 0) is 13.8 Å². The number of nitrogens with zero attached hydrogens (tertiary/aromatic N) is 3. The van der Waals surface area contributed by atoms with Crippen LogP contribution in [0.4, 0.5) is 0 Å². The van der Waals surface area contributed by atoms with Gasteiger partial charge >= 0.3 is 5.97 Å². The minimum Gasteiger partial charge on any atom is -0.471 e. The zero-order valence-corrected chi connectivity index (χ0v) is 9.87. The standard InChI is InChI=1S/C11H15N3O3/c1-3-14-6-12-5-8(14)10-9(13-7-17-10)11(15)16-4-2/h5-7,9-10H,3-4H2,1-2H3. The first kappa shape index (κ1) is 11.6.